The van der Waals surface area contributed by atoms with E-state index >= 15 is 0 Å². The van der Waals surface area contributed by atoms with Gasteiger partial charge in [-0.05, 0) is 66.6 Å². The summed E-state index contributed by atoms with van der Waals surface area (Å²) in [4.78, 5) is 25.3. The van der Waals surface area contributed by atoms with Crippen molar-refractivity contribution in [3.05, 3.63) is 82.4 Å². The lowest BCUT2D eigenvalue weighted by Crippen LogP contribution is -2.47. The third-order valence-corrected chi connectivity index (χ3v) is 6.90. The molecule has 39 heavy (non-hydrogen) atoms. The van der Waals surface area contributed by atoms with Crippen molar-refractivity contribution in [1.82, 2.24) is 0 Å². The highest BCUT2D eigenvalue weighted by Crippen LogP contribution is 2.51. The van der Waals surface area contributed by atoms with Gasteiger partial charge in [0, 0.05) is 18.0 Å². The molecule has 1 aliphatic rings. The number of alkyl halides is 3. The molecule has 3 aromatic rings. The van der Waals surface area contributed by atoms with Crippen molar-refractivity contribution < 1.29 is 42.1 Å². The highest BCUT2D eigenvalue weighted by molar-refractivity contribution is 6.31. The van der Waals surface area contributed by atoms with Crippen molar-refractivity contribution >= 4 is 29.2 Å². The van der Waals surface area contributed by atoms with E-state index in [4.69, 9.17) is 25.8 Å². The summed E-state index contributed by atoms with van der Waals surface area (Å²) in [5.41, 5.74) is -3.58. The van der Waals surface area contributed by atoms with E-state index in [1.165, 1.54) is 55.3 Å². The molecular weight excluding hydrogens is 539 g/mol. The summed E-state index contributed by atoms with van der Waals surface area (Å²) in [6.07, 6.45) is -5.13. The fraction of sp³-hybridized carbons (Fsp3) is 0.286. The number of fused-ring (bicyclic) bond motifs is 1. The van der Waals surface area contributed by atoms with Crippen LogP contribution in [0.2, 0.25) is 5.02 Å². The zero-order valence-corrected chi connectivity index (χ0v) is 22.0. The van der Waals surface area contributed by atoms with E-state index < -0.39 is 35.1 Å². The Kier molecular flexibility index (Phi) is 7.81. The molecule has 3 aromatic carbocycles. The van der Waals surface area contributed by atoms with Crippen LogP contribution in [0.25, 0.3) is 0 Å². The lowest BCUT2D eigenvalue weighted by molar-refractivity contribution is -0.274. The van der Waals surface area contributed by atoms with Crippen LogP contribution in [-0.4, -0.2) is 43.4 Å². The second-order valence-corrected chi connectivity index (χ2v) is 9.35. The van der Waals surface area contributed by atoms with Crippen molar-refractivity contribution in [3.63, 3.8) is 0 Å². The first kappa shape index (κ1) is 28.3. The van der Waals surface area contributed by atoms with Gasteiger partial charge in [0.1, 0.15) is 17.2 Å². The van der Waals surface area contributed by atoms with Crippen LogP contribution >= 0.6 is 11.6 Å². The first-order valence-corrected chi connectivity index (χ1v) is 12.3. The Bertz CT molecular complexity index is 1410. The number of carbonyl (C=O) groups is 2. The Labute approximate surface area is 227 Å². The maximum atomic E-state index is 14.6. The van der Waals surface area contributed by atoms with E-state index in [0.717, 1.165) is 12.1 Å². The van der Waals surface area contributed by atoms with Crippen LogP contribution in [0.15, 0.2) is 60.7 Å². The third kappa shape index (κ3) is 5.39. The SMILES string of the molecule is CCOC(=O)c1cccc(Oc2ccc(Cl)c([C@H](C)[C@](O)(c3ccc4c(c3)N(C)C(=O)CO4)C(F)(F)F)c2)c1. The van der Waals surface area contributed by atoms with E-state index in [0.29, 0.717) is 0 Å². The molecule has 11 heteroatoms. The maximum Gasteiger partial charge on any atom is 0.422 e. The standard InChI is InChI=1S/C28H25ClF3NO6/c1-4-37-26(35)17-6-5-7-19(12-17)39-20-9-10-22(29)21(14-20)16(2)27(36,28(30,31)32)18-8-11-24-23(13-18)33(3)25(34)15-38-24/h5-14,16,36H,4,15H2,1-3H3/t16-,27-/m0/s1. The van der Waals surface area contributed by atoms with Gasteiger partial charge in [0.25, 0.3) is 5.91 Å². The van der Waals surface area contributed by atoms with Gasteiger partial charge in [-0.15, -0.1) is 0 Å². The number of likely N-dealkylation sites (N-methyl/N-ethyl adjacent to an activating group) is 1. The second-order valence-electron chi connectivity index (χ2n) is 8.94. The first-order valence-electron chi connectivity index (χ1n) is 11.9. The van der Waals surface area contributed by atoms with Gasteiger partial charge in [0.2, 0.25) is 0 Å². The molecule has 1 aliphatic heterocycles. The third-order valence-electron chi connectivity index (χ3n) is 6.56. The van der Waals surface area contributed by atoms with Gasteiger partial charge in [0.15, 0.2) is 12.2 Å². The number of aliphatic hydroxyl groups is 1. The zero-order chi connectivity index (χ0) is 28.5. The zero-order valence-electron chi connectivity index (χ0n) is 21.2. The Balaban J connectivity index is 1.72. The molecule has 0 aliphatic carbocycles. The van der Waals surface area contributed by atoms with Crippen LogP contribution in [0, 0.1) is 0 Å². The fourth-order valence-electron chi connectivity index (χ4n) is 4.35. The number of carbonyl (C=O) groups excluding carboxylic acids is 2. The average molecular weight is 564 g/mol. The molecule has 1 heterocycles. The van der Waals surface area contributed by atoms with Crippen LogP contribution < -0.4 is 14.4 Å². The molecule has 206 valence electrons. The van der Waals surface area contributed by atoms with E-state index in [1.54, 1.807) is 19.1 Å². The second kappa shape index (κ2) is 10.8. The molecule has 7 nitrogen and oxygen atoms in total. The van der Waals surface area contributed by atoms with E-state index in [2.05, 4.69) is 0 Å². The Morgan fingerprint density at radius 2 is 1.85 bits per heavy atom. The number of benzene rings is 3. The monoisotopic (exact) mass is 563 g/mol. The lowest BCUT2D eigenvalue weighted by atomic mass is 9.77. The predicted molar refractivity (Wildman–Crippen MR) is 138 cm³/mol. The fourth-order valence-corrected chi connectivity index (χ4v) is 4.63. The molecule has 1 amide bonds. The van der Waals surface area contributed by atoms with Crippen LogP contribution in [0.1, 0.15) is 41.3 Å². The summed E-state index contributed by atoms with van der Waals surface area (Å²) in [7, 11) is 1.41. The van der Waals surface area contributed by atoms with Crippen molar-refractivity contribution in [2.45, 2.75) is 31.5 Å². The minimum Gasteiger partial charge on any atom is -0.482 e. The van der Waals surface area contributed by atoms with Crippen molar-refractivity contribution in [2.75, 3.05) is 25.2 Å². The van der Waals surface area contributed by atoms with Crippen LogP contribution in [-0.2, 0) is 15.1 Å². The molecule has 2 atom stereocenters. The molecule has 0 fully saturated rings. The Morgan fingerprint density at radius 1 is 1.13 bits per heavy atom. The molecular formula is C28H25ClF3NO6. The van der Waals surface area contributed by atoms with Crippen LogP contribution in [0.4, 0.5) is 18.9 Å². The number of hydrogen-bond donors (Lipinski definition) is 1. The molecule has 0 unspecified atom stereocenters. The average Bonchev–Trinajstić information content (AvgIpc) is 2.90. The van der Waals surface area contributed by atoms with Gasteiger partial charge in [-0.1, -0.05) is 30.7 Å². The summed E-state index contributed by atoms with van der Waals surface area (Å²) < 4.78 is 59.9. The smallest absolute Gasteiger partial charge is 0.422 e. The van der Waals surface area contributed by atoms with Gasteiger partial charge in [-0.25, -0.2) is 4.79 Å². The minimum atomic E-state index is -5.13. The summed E-state index contributed by atoms with van der Waals surface area (Å²) in [6.45, 7) is 2.82. The summed E-state index contributed by atoms with van der Waals surface area (Å²) in [6, 6.07) is 13.7. The Morgan fingerprint density at radius 3 is 2.54 bits per heavy atom. The van der Waals surface area contributed by atoms with Gasteiger partial charge in [-0.2, -0.15) is 13.2 Å². The number of nitrogens with zero attached hydrogens (tertiary/aromatic N) is 1. The molecule has 0 saturated carbocycles. The van der Waals surface area contributed by atoms with E-state index in [1.807, 2.05) is 0 Å². The van der Waals surface area contributed by atoms with Crippen molar-refractivity contribution in [3.8, 4) is 17.2 Å². The van der Waals surface area contributed by atoms with Gasteiger partial charge >= 0.3 is 12.1 Å². The Hall–Kier alpha value is -3.76. The normalized spacial score (nSPS) is 15.6. The molecule has 0 spiro atoms. The lowest BCUT2D eigenvalue weighted by Gasteiger charge is -2.38. The van der Waals surface area contributed by atoms with Gasteiger partial charge in [0.05, 0.1) is 17.9 Å². The van der Waals surface area contributed by atoms with Gasteiger partial charge in [-0.3, -0.25) is 4.79 Å². The van der Waals surface area contributed by atoms with Crippen LogP contribution in [0.5, 0.6) is 17.2 Å². The van der Waals surface area contributed by atoms with Crippen molar-refractivity contribution in [1.29, 1.82) is 0 Å². The summed E-state index contributed by atoms with van der Waals surface area (Å²) in [5.74, 6) is -2.00. The number of hydrogen-bond acceptors (Lipinski definition) is 6. The highest BCUT2D eigenvalue weighted by Gasteiger charge is 2.59. The van der Waals surface area contributed by atoms with Crippen LogP contribution in [0.3, 0.4) is 0 Å². The predicted octanol–water partition coefficient (Wildman–Crippen LogP) is 6.22. The highest BCUT2D eigenvalue weighted by atomic mass is 35.5. The first-order chi connectivity index (χ1) is 18.4. The number of amides is 1. The summed E-state index contributed by atoms with van der Waals surface area (Å²) >= 11 is 6.33. The number of anilines is 1. The molecule has 0 radical (unpaired) electrons. The molecule has 1 N–H and O–H groups in total. The minimum absolute atomic E-state index is 0.0219. The van der Waals surface area contributed by atoms with E-state index in [9.17, 15) is 27.9 Å². The number of esters is 1. The molecule has 0 saturated heterocycles. The number of ether oxygens (including phenoxy) is 3. The molecule has 4 rings (SSSR count). The number of halogens is 4. The van der Waals surface area contributed by atoms with Gasteiger partial charge < -0.3 is 24.2 Å². The quantitative estimate of drug-likeness (QED) is 0.344. The topological polar surface area (TPSA) is 85.3 Å². The van der Waals surface area contributed by atoms with Crippen molar-refractivity contribution in [2.24, 2.45) is 0 Å². The van der Waals surface area contributed by atoms with E-state index in [-0.39, 0.29) is 52.3 Å². The largest absolute Gasteiger partial charge is 0.482 e. The number of rotatable bonds is 7. The maximum absolute atomic E-state index is 14.6. The summed E-state index contributed by atoms with van der Waals surface area (Å²) in [5, 5.41) is 11.3. The molecule has 0 aromatic heterocycles. The molecule has 0 bridgehead atoms.